The van der Waals surface area contributed by atoms with E-state index in [0.29, 0.717) is 34.9 Å². The molecule has 2 aromatic carbocycles. The summed E-state index contributed by atoms with van der Waals surface area (Å²) in [5.41, 5.74) is 3.18. The van der Waals surface area contributed by atoms with Crippen molar-refractivity contribution in [3.8, 4) is 17.2 Å². The van der Waals surface area contributed by atoms with Crippen LogP contribution in [0, 0.1) is 6.92 Å². The summed E-state index contributed by atoms with van der Waals surface area (Å²) in [6, 6.07) is 13.5. The Morgan fingerprint density at radius 2 is 1.56 bits per heavy atom. The summed E-state index contributed by atoms with van der Waals surface area (Å²) in [4.78, 5) is 15.8. The van der Waals surface area contributed by atoms with Crippen molar-refractivity contribution in [2.75, 3.05) is 21.3 Å². The van der Waals surface area contributed by atoms with Crippen molar-refractivity contribution in [1.29, 1.82) is 0 Å². The topological polar surface area (TPSA) is 60.0 Å². The van der Waals surface area contributed by atoms with E-state index in [1.807, 2.05) is 0 Å². The fourth-order valence-corrected chi connectivity index (χ4v) is 5.24. The molecule has 3 atom stereocenters. The largest absolute Gasteiger partial charge is 0.493 e. The first kappa shape index (κ1) is 22.5. The van der Waals surface area contributed by atoms with Gasteiger partial charge in [-0.15, -0.1) is 0 Å². The molecule has 2 fully saturated rings. The minimum Gasteiger partial charge on any atom is -0.493 e. The zero-order chi connectivity index (χ0) is 22.7. The van der Waals surface area contributed by atoms with Crippen LogP contribution in [0.3, 0.4) is 0 Å². The highest BCUT2D eigenvalue weighted by atomic mass is 16.5. The van der Waals surface area contributed by atoms with Gasteiger partial charge >= 0.3 is 0 Å². The van der Waals surface area contributed by atoms with E-state index >= 15 is 0 Å². The summed E-state index contributed by atoms with van der Waals surface area (Å²) < 4.78 is 16.2. The highest BCUT2D eigenvalue weighted by Crippen LogP contribution is 2.39. The Morgan fingerprint density at radius 1 is 0.969 bits per heavy atom. The molecule has 4 rings (SSSR count). The fourth-order valence-electron chi connectivity index (χ4n) is 5.24. The number of benzene rings is 2. The predicted octanol–water partition coefficient (Wildman–Crippen LogP) is 4.34. The number of hydrogen-bond donors (Lipinski definition) is 1. The van der Waals surface area contributed by atoms with Gasteiger partial charge in [-0.25, -0.2) is 0 Å². The molecule has 172 valence electrons. The molecule has 0 aromatic heterocycles. The third-order valence-electron chi connectivity index (χ3n) is 6.87. The molecule has 1 N–H and O–H groups in total. The Bertz CT molecular complexity index is 904. The van der Waals surface area contributed by atoms with E-state index in [4.69, 9.17) is 14.2 Å². The number of fused-ring (bicyclic) bond motifs is 2. The molecular formula is C26H34N2O4. The lowest BCUT2D eigenvalue weighted by atomic mass is 9.81. The second kappa shape index (κ2) is 9.82. The summed E-state index contributed by atoms with van der Waals surface area (Å²) in [6.07, 6.45) is 5.63. The lowest BCUT2D eigenvalue weighted by Gasteiger charge is -2.49. The zero-order valence-corrected chi connectivity index (χ0v) is 19.5. The molecule has 2 heterocycles. The molecule has 2 saturated heterocycles. The molecule has 0 aliphatic carbocycles. The monoisotopic (exact) mass is 438 g/mol. The molecule has 6 nitrogen and oxygen atoms in total. The average Bonchev–Trinajstić information content (AvgIpc) is 2.79. The second-order valence-electron chi connectivity index (χ2n) is 8.95. The van der Waals surface area contributed by atoms with Crippen molar-refractivity contribution in [2.45, 2.75) is 63.7 Å². The summed E-state index contributed by atoms with van der Waals surface area (Å²) >= 11 is 0. The Balaban J connectivity index is 1.45. The van der Waals surface area contributed by atoms with Crippen LogP contribution >= 0.6 is 0 Å². The van der Waals surface area contributed by atoms with Gasteiger partial charge < -0.3 is 19.5 Å². The van der Waals surface area contributed by atoms with Crippen molar-refractivity contribution in [3.63, 3.8) is 0 Å². The van der Waals surface area contributed by atoms with Gasteiger partial charge in [0.05, 0.1) is 21.3 Å². The van der Waals surface area contributed by atoms with Crippen LogP contribution < -0.4 is 19.5 Å². The zero-order valence-electron chi connectivity index (χ0n) is 19.5. The number of rotatable bonds is 7. The maximum atomic E-state index is 13.1. The summed E-state index contributed by atoms with van der Waals surface area (Å²) in [7, 11) is 4.68. The highest BCUT2D eigenvalue weighted by Gasteiger charge is 2.38. The molecule has 2 aromatic rings. The number of methoxy groups -OCH3 is 3. The maximum absolute atomic E-state index is 13.1. The normalized spacial score (nSPS) is 22.8. The Labute approximate surface area is 190 Å². The SMILES string of the molecule is COc1cc(C(=O)NC2C[C@H]3CCC[C@@H](C2)N3Cc2ccc(C)cc2)cc(OC)c1OC. The predicted molar refractivity (Wildman–Crippen MR) is 125 cm³/mol. The Morgan fingerprint density at radius 3 is 2.09 bits per heavy atom. The molecule has 0 saturated carbocycles. The van der Waals surface area contributed by atoms with Gasteiger partial charge in [-0.05, 0) is 50.3 Å². The van der Waals surface area contributed by atoms with Gasteiger partial charge in [-0.1, -0.05) is 36.2 Å². The number of carbonyl (C=O) groups excluding carboxylic acids is 1. The lowest BCUT2D eigenvalue weighted by molar-refractivity contribution is 0.0177. The fraction of sp³-hybridized carbons (Fsp3) is 0.500. The van der Waals surface area contributed by atoms with Crippen molar-refractivity contribution >= 4 is 5.91 Å². The van der Waals surface area contributed by atoms with E-state index in [-0.39, 0.29) is 11.9 Å². The van der Waals surface area contributed by atoms with Crippen molar-refractivity contribution < 1.29 is 19.0 Å². The third kappa shape index (κ3) is 4.70. The van der Waals surface area contributed by atoms with Gasteiger partial charge in [0.2, 0.25) is 5.75 Å². The first-order valence-corrected chi connectivity index (χ1v) is 11.4. The molecule has 6 heteroatoms. The van der Waals surface area contributed by atoms with Crippen LogP contribution in [0.5, 0.6) is 17.2 Å². The number of nitrogens with one attached hydrogen (secondary N) is 1. The van der Waals surface area contributed by atoms with Crippen LogP contribution in [0.15, 0.2) is 36.4 Å². The van der Waals surface area contributed by atoms with Crippen molar-refractivity contribution in [3.05, 3.63) is 53.1 Å². The smallest absolute Gasteiger partial charge is 0.251 e. The van der Waals surface area contributed by atoms with Crippen molar-refractivity contribution in [2.24, 2.45) is 0 Å². The minimum atomic E-state index is -0.0979. The van der Waals surface area contributed by atoms with Crippen LogP contribution in [0.4, 0.5) is 0 Å². The van der Waals surface area contributed by atoms with E-state index in [0.717, 1.165) is 19.4 Å². The molecule has 0 radical (unpaired) electrons. The third-order valence-corrected chi connectivity index (χ3v) is 6.87. The minimum absolute atomic E-state index is 0.0979. The molecule has 32 heavy (non-hydrogen) atoms. The van der Waals surface area contributed by atoms with Gasteiger partial charge in [0.1, 0.15) is 0 Å². The quantitative estimate of drug-likeness (QED) is 0.697. The number of hydrogen-bond acceptors (Lipinski definition) is 5. The van der Waals surface area contributed by atoms with E-state index in [2.05, 4.69) is 41.4 Å². The average molecular weight is 439 g/mol. The van der Waals surface area contributed by atoms with Crippen LogP contribution in [0.2, 0.25) is 0 Å². The first-order valence-electron chi connectivity index (χ1n) is 11.4. The molecule has 2 aliphatic rings. The number of nitrogens with zero attached hydrogens (tertiary/aromatic N) is 1. The number of carbonyl (C=O) groups is 1. The lowest BCUT2D eigenvalue weighted by Crippen LogP contribution is -2.56. The number of amides is 1. The van der Waals surface area contributed by atoms with Gasteiger partial charge in [0.15, 0.2) is 11.5 Å². The molecule has 1 amide bonds. The van der Waals surface area contributed by atoms with Crippen LogP contribution in [-0.2, 0) is 6.54 Å². The van der Waals surface area contributed by atoms with Gasteiger partial charge in [-0.2, -0.15) is 0 Å². The van der Waals surface area contributed by atoms with Crippen LogP contribution in [0.1, 0.15) is 53.6 Å². The molecular weight excluding hydrogens is 404 g/mol. The first-order chi connectivity index (χ1) is 15.5. The number of piperidine rings is 2. The maximum Gasteiger partial charge on any atom is 0.251 e. The summed E-state index contributed by atoms with van der Waals surface area (Å²) in [6.45, 7) is 3.11. The molecule has 2 aliphatic heterocycles. The molecule has 1 unspecified atom stereocenters. The molecule has 2 bridgehead atoms. The van der Waals surface area contributed by atoms with E-state index < -0.39 is 0 Å². The van der Waals surface area contributed by atoms with E-state index in [1.165, 1.54) is 30.4 Å². The second-order valence-corrected chi connectivity index (χ2v) is 8.95. The Kier molecular flexibility index (Phi) is 6.89. The van der Waals surface area contributed by atoms with E-state index in [9.17, 15) is 4.79 Å². The van der Waals surface area contributed by atoms with Crippen molar-refractivity contribution in [1.82, 2.24) is 10.2 Å². The number of aryl methyl sites for hydroxylation is 1. The van der Waals surface area contributed by atoms with Crippen LogP contribution in [0.25, 0.3) is 0 Å². The van der Waals surface area contributed by atoms with Gasteiger partial charge in [0.25, 0.3) is 5.91 Å². The summed E-state index contributed by atoms with van der Waals surface area (Å²) in [5.74, 6) is 1.37. The van der Waals surface area contributed by atoms with Crippen LogP contribution in [-0.4, -0.2) is 50.3 Å². The van der Waals surface area contributed by atoms with Gasteiger partial charge in [-0.3, -0.25) is 9.69 Å². The van der Waals surface area contributed by atoms with E-state index in [1.54, 1.807) is 33.5 Å². The standard InChI is InChI=1S/C26H34N2O4/c1-17-8-10-18(11-9-17)16-28-21-6-5-7-22(28)15-20(14-21)27-26(29)19-12-23(30-2)25(32-4)24(13-19)31-3/h8-13,20-22H,5-7,14-16H2,1-4H3,(H,27,29)/t20?,21-,22+. The number of ether oxygens (including phenoxy) is 3. The highest BCUT2D eigenvalue weighted by molar-refractivity contribution is 5.95. The summed E-state index contributed by atoms with van der Waals surface area (Å²) in [5, 5.41) is 3.28. The Hall–Kier alpha value is -2.73. The molecule has 0 spiro atoms. The van der Waals surface area contributed by atoms with Gasteiger partial charge in [0, 0.05) is 30.2 Å².